The van der Waals surface area contributed by atoms with Crippen molar-refractivity contribution in [3.63, 3.8) is 0 Å². The number of aryl methyl sites for hydroxylation is 1. The Bertz CT molecular complexity index is 651. The van der Waals surface area contributed by atoms with E-state index in [9.17, 15) is 9.59 Å². The highest BCUT2D eigenvalue weighted by atomic mass is 16.2. The third kappa shape index (κ3) is 4.95. The summed E-state index contributed by atoms with van der Waals surface area (Å²) >= 11 is 0. The number of carbonyl (C=O) groups excluding carboxylic acids is 2. The van der Waals surface area contributed by atoms with Crippen molar-refractivity contribution in [3.8, 4) is 0 Å². The van der Waals surface area contributed by atoms with E-state index < -0.39 is 5.91 Å². The molecule has 2 amide bonds. The van der Waals surface area contributed by atoms with E-state index in [4.69, 9.17) is 5.73 Å². The number of hydrogen-bond acceptors (Lipinski definition) is 2. The first-order valence-electron chi connectivity index (χ1n) is 7.80. The summed E-state index contributed by atoms with van der Waals surface area (Å²) in [5, 5.41) is 0. The summed E-state index contributed by atoms with van der Waals surface area (Å²) in [6.07, 6.45) is 1.09. The van der Waals surface area contributed by atoms with Gasteiger partial charge in [-0.05, 0) is 29.7 Å². The van der Waals surface area contributed by atoms with Crippen molar-refractivity contribution in [2.45, 2.75) is 26.3 Å². The van der Waals surface area contributed by atoms with Gasteiger partial charge in [0.2, 0.25) is 5.91 Å². The molecule has 2 N–H and O–H groups in total. The molecule has 0 aliphatic carbocycles. The van der Waals surface area contributed by atoms with Crippen LogP contribution in [0.15, 0.2) is 54.6 Å². The Hall–Kier alpha value is -2.62. The van der Waals surface area contributed by atoms with Crippen LogP contribution in [0.4, 0.5) is 0 Å². The quantitative estimate of drug-likeness (QED) is 0.854. The first-order valence-corrected chi connectivity index (χ1v) is 7.80. The number of benzene rings is 2. The molecule has 4 nitrogen and oxygen atoms in total. The Morgan fingerprint density at radius 2 is 1.61 bits per heavy atom. The van der Waals surface area contributed by atoms with Gasteiger partial charge in [-0.2, -0.15) is 0 Å². The second-order valence-corrected chi connectivity index (χ2v) is 5.48. The second kappa shape index (κ2) is 8.13. The molecule has 0 saturated carbocycles. The van der Waals surface area contributed by atoms with Gasteiger partial charge in [0.1, 0.15) is 0 Å². The number of hydrogen-bond donors (Lipinski definition) is 1. The Balaban J connectivity index is 2.16. The predicted octanol–water partition coefficient (Wildman–Crippen LogP) is 2.77. The van der Waals surface area contributed by atoms with Crippen molar-refractivity contribution < 1.29 is 9.59 Å². The molecule has 0 bridgehead atoms. The molecule has 0 aliphatic heterocycles. The molecule has 2 aromatic carbocycles. The van der Waals surface area contributed by atoms with Crippen LogP contribution in [0.2, 0.25) is 0 Å². The maximum Gasteiger partial charge on any atom is 0.254 e. The number of nitrogens with zero attached hydrogens (tertiary/aromatic N) is 1. The third-order valence-electron chi connectivity index (χ3n) is 3.74. The molecule has 0 atom stereocenters. The van der Waals surface area contributed by atoms with Crippen molar-refractivity contribution >= 4 is 11.8 Å². The van der Waals surface area contributed by atoms with Gasteiger partial charge in [0.05, 0.1) is 0 Å². The summed E-state index contributed by atoms with van der Waals surface area (Å²) in [6, 6.07) is 17.3. The lowest BCUT2D eigenvalue weighted by molar-refractivity contribution is -0.118. The molecular formula is C19H22N2O2. The standard InChI is InChI=1S/C19H22N2O2/c1-2-15-8-10-17(11-9-15)19(23)21(13-12-18(20)22)14-16-6-4-3-5-7-16/h3-11H,2,12-14H2,1H3,(H2,20,22). The smallest absolute Gasteiger partial charge is 0.254 e. The maximum atomic E-state index is 12.7. The van der Waals surface area contributed by atoms with Gasteiger partial charge in [-0.25, -0.2) is 0 Å². The molecule has 120 valence electrons. The van der Waals surface area contributed by atoms with E-state index >= 15 is 0 Å². The lowest BCUT2D eigenvalue weighted by Gasteiger charge is -2.22. The molecule has 0 saturated heterocycles. The molecule has 0 aliphatic rings. The van der Waals surface area contributed by atoms with Crippen molar-refractivity contribution in [2.75, 3.05) is 6.54 Å². The SMILES string of the molecule is CCc1ccc(C(=O)N(CCC(N)=O)Cc2ccccc2)cc1. The lowest BCUT2D eigenvalue weighted by atomic mass is 10.1. The molecule has 2 rings (SSSR count). The summed E-state index contributed by atoms with van der Waals surface area (Å²) in [5.41, 5.74) is 8.07. The van der Waals surface area contributed by atoms with Crippen molar-refractivity contribution in [1.29, 1.82) is 0 Å². The zero-order valence-electron chi connectivity index (χ0n) is 13.4. The Kier molecular flexibility index (Phi) is 5.92. The first kappa shape index (κ1) is 16.7. The monoisotopic (exact) mass is 310 g/mol. The second-order valence-electron chi connectivity index (χ2n) is 5.48. The summed E-state index contributed by atoms with van der Waals surface area (Å²) in [5.74, 6) is -0.491. The highest BCUT2D eigenvalue weighted by Gasteiger charge is 2.16. The van der Waals surface area contributed by atoms with Gasteiger partial charge in [0.25, 0.3) is 5.91 Å². The average molecular weight is 310 g/mol. The molecule has 0 fully saturated rings. The van der Waals surface area contributed by atoms with Crippen LogP contribution in [-0.2, 0) is 17.8 Å². The summed E-state index contributed by atoms with van der Waals surface area (Å²) in [7, 11) is 0. The minimum atomic E-state index is -0.405. The predicted molar refractivity (Wildman–Crippen MR) is 90.8 cm³/mol. The third-order valence-corrected chi connectivity index (χ3v) is 3.74. The fourth-order valence-corrected chi connectivity index (χ4v) is 2.37. The number of rotatable bonds is 7. The number of nitrogens with two attached hydrogens (primary N) is 1. The van der Waals surface area contributed by atoms with E-state index in [2.05, 4.69) is 6.92 Å². The van der Waals surface area contributed by atoms with Gasteiger partial charge in [-0.1, -0.05) is 49.4 Å². The molecule has 2 aromatic rings. The minimum Gasteiger partial charge on any atom is -0.370 e. The minimum absolute atomic E-state index is 0.0854. The van der Waals surface area contributed by atoms with Crippen LogP contribution in [0.5, 0.6) is 0 Å². The Morgan fingerprint density at radius 1 is 0.957 bits per heavy atom. The molecule has 0 heterocycles. The van der Waals surface area contributed by atoms with E-state index in [0.717, 1.165) is 12.0 Å². The largest absolute Gasteiger partial charge is 0.370 e. The van der Waals surface area contributed by atoms with Crippen LogP contribution in [-0.4, -0.2) is 23.3 Å². The molecule has 0 radical (unpaired) electrons. The average Bonchev–Trinajstić information content (AvgIpc) is 2.59. The van der Waals surface area contributed by atoms with Crippen molar-refractivity contribution in [1.82, 2.24) is 4.90 Å². The zero-order valence-corrected chi connectivity index (χ0v) is 13.4. The molecular weight excluding hydrogens is 288 g/mol. The van der Waals surface area contributed by atoms with Gasteiger partial charge in [-0.15, -0.1) is 0 Å². The lowest BCUT2D eigenvalue weighted by Crippen LogP contribution is -2.33. The summed E-state index contributed by atoms with van der Waals surface area (Å²) in [4.78, 5) is 25.5. The molecule has 0 aromatic heterocycles. The maximum absolute atomic E-state index is 12.7. The van der Waals surface area contributed by atoms with Crippen LogP contribution in [0.3, 0.4) is 0 Å². The van der Waals surface area contributed by atoms with Crippen LogP contribution in [0.25, 0.3) is 0 Å². The molecule has 23 heavy (non-hydrogen) atoms. The first-order chi connectivity index (χ1) is 11.1. The van der Waals surface area contributed by atoms with Gasteiger partial charge in [0.15, 0.2) is 0 Å². The highest BCUT2D eigenvalue weighted by molar-refractivity contribution is 5.94. The molecule has 0 unspecified atom stereocenters. The topological polar surface area (TPSA) is 63.4 Å². The van der Waals surface area contributed by atoms with Crippen LogP contribution < -0.4 is 5.73 Å². The number of amides is 2. The Labute approximate surface area is 136 Å². The van der Waals surface area contributed by atoms with E-state index in [1.165, 1.54) is 5.56 Å². The van der Waals surface area contributed by atoms with Crippen molar-refractivity contribution in [2.24, 2.45) is 5.73 Å². The van der Waals surface area contributed by atoms with Crippen LogP contribution in [0, 0.1) is 0 Å². The molecule has 4 heteroatoms. The van der Waals surface area contributed by atoms with Gasteiger partial charge in [-0.3, -0.25) is 9.59 Å². The fraction of sp³-hybridized carbons (Fsp3) is 0.263. The normalized spacial score (nSPS) is 10.3. The Morgan fingerprint density at radius 3 is 2.17 bits per heavy atom. The number of primary amides is 1. The van der Waals surface area contributed by atoms with Gasteiger partial charge >= 0.3 is 0 Å². The van der Waals surface area contributed by atoms with E-state index in [1.807, 2.05) is 54.6 Å². The van der Waals surface area contributed by atoms with Crippen LogP contribution in [0.1, 0.15) is 34.8 Å². The molecule has 0 spiro atoms. The van der Waals surface area contributed by atoms with Gasteiger partial charge in [0, 0.05) is 25.1 Å². The van der Waals surface area contributed by atoms with E-state index in [-0.39, 0.29) is 12.3 Å². The highest BCUT2D eigenvalue weighted by Crippen LogP contribution is 2.12. The summed E-state index contributed by atoms with van der Waals surface area (Å²) in [6.45, 7) is 2.85. The zero-order chi connectivity index (χ0) is 16.7. The summed E-state index contributed by atoms with van der Waals surface area (Å²) < 4.78 is 0. The van der Waals surface area contributed by atoms with E-state index in [1.54, 1.807) is 4.90 Å². The number of carbonyl (C=O) groups is 2. The van der Waals surface area contributed by atoms with Crippen LogP contribution >= 0.6 is 0 Å². The van der Waals surface area contributed by atoms with E-state index in [0.29, 0.717) is 18.7 Å². The van der Waals surface area contributed by atoms with Crippen molar-refractivity contribution in [3.05, 3.63) is 71.3 Å². The van der Waals surface area contributed by atoms with Gasteiger partial charge < -0.3 is 10.6 Å². The fourth-order valence-electron chi connectivity index (χ4n) is 2.37.